The zero-order valence-electron chi connectivity index (χ0n) is 11.5. The molecular weight excluding hydrogens is 264 g/mol. The van der Waals surface area contributed by atoms with E-state index in [0.717, 1.165) is 4.88 Å². The summed E-state index contributed by atoms with van der Waals surface area (Å²) in [5.41, 5.74) is -1.21. The Labute approximate surface area is 117 Å². The SMILES string of the molecule is CCCC(C)(NC(=O)N(C)Cc1cccs1)C(=O)O. The first-order valence-corrected chi connectivity index (χ1v) is 7.06. The summed E-state index contributed by atoms with van der Waals surface area (Å²) >= 11 is 1.57. The summed E-state index contributed by atoms with van der Waals surface area (Å²) in [6.45, 7) is 3.91. The lowest BCUT2D eigenvalue weighted by Gasteiger charge is -2.28. The average Bonchev–Trinajstić information content (AvgIpc) is 2.81. The molecule has 2 N–H and O–H groups in total. The topological polar surface area (TPSA) is 69.6 Å². The van der Waals surface area contributed by atoms with Crippen molar-refractivity contribution in [2.75, 3.05) is 7.05 Å². The van der Waals surface area contributed by atoms with E-state index in [1.807, 2.05) is 24.4 Å². The first-order valence-electron chi connectivity index (χ1n) is 6.18. The Bertz CT molecular complexity index is 433. The molecule has 1 unspecified atom stereocenters. The van der Waals surface area contributed by atoms with Gasteiger partial charge in [-0.25, -0.2) is 9.59 Å². The molecule has 0 radical (unpaired) electrons. The van der Waals surface area contributed by atoms with E-state index < -0.39 is 11.5 Å². The molecule has 106 valence electrons. The van der Waals surface area contributed by atoms with Crippen LogP contribution in [0.1, 0.15) is 31.6 Å². The van der Waals surface area contributed by atoms with Crippen LogP contribution in [0, 0.1) is 0 Å². The molecule has 19 heavy (non-hydrogen) atoms. The van der Waals surface area contributed by atoms with Gasteiger partial charge in [0.2, 0.25) is 0 Å². The Morgan fingerprint density at radius 3 is 2.68 bits per heavy atom. The van der Waals surface area contributed by atoms with Gasteiger partial charge < -0.3 is 15.3 Å². The summed E-state index contributed by atoms with van der Waals surface area (Å²) < 4.78 is 0. The van der Waals surface area contributed by atoms with Crippen molar-refractivity contribution in [2.24, 2.45) is 0 Å². The van der Waals surface area contributed by atoms with Gasteiger partial charge in [0, 0.05) is 11.9 Å². The van der Waals surface area contributed by atoms with Gasteiger partial charge in [-0.3, -0.25) is 0 Å². The highest BCUT2D eigenvalue weighted by atomic mass is 32.1. The average molecular weight is 284 g/mol. The number of carboxylic acid groups (broad SMARTS) is 1. The number of carbonyl (C=O) groups is 2. The summed E-state index contributed by atoms with van der Waals surface area (Å²) in [7, 11) is 1.66. The Hall–Kier alpha value is -1.56. The van der Waals surface area contributed by atoms with E-state index in [1.54, 1.807) is 18.4 Å². The molecule has 1 aromatic heterocycles. The lowest BCUT2D eigenvalue weighted by Crippen LogP contribution is -2.55. The normalized spacial score (nSPS) is 13.6. The highest BCUT2D eigenvalue weighted by Gasteiger charge is 2.34. The summed E-state index contributed by atoms with van der Waals surface area (Å²) in [5.74, 6) is -1.01. The van der Waals surface area contributed by atoms with Crippen LogP contribution in [0.3, 0.4) is 0 Å². The van der Waals surface area contributed by atoms with Gasteiger partial charge in [0.1, 0.15) is 5.54 Å². The molecule has 0 fully saturated rings. The van der Waals surface area contributed by atoms with Crippen LogP contribution in [0.25, 0.3) is 0 Å². The molecule has 2 amide bonds. The van der Waals surface area contributed by atoms with Crippen LogP contribution in [0.4, 0.5) is 4.79 Å². The molecule has 0 aliphatic heterocycles. The maximum absolute atomic E-state index is 12.0. The number of hydrogen-bond donors (Lipinski definition) is 2. The molecular formula is C13H20N2O3S. The molecule has 0 saturated heterocycles. The van der Waals surface area contributed by atoms with Crippen LogP contribution in [0.2, 0.25) is 0 Å². The van der Waals surface area contributed by atoms with Gasteiger partial charge in [0.15, 0.2) is 0 Å². The Morgan fingerprint density at radius 2 is 2.21 bits per heavy atom. The van der Waals surface area contributed by atoms with E-state index in [4.69, 9.17) is 0 Å². The molecule has 5 nitrogen and oxygen atoms in total. The van der Waals surface area contributed by atoms with Gasteiger partial charge in [0.25, 0.3) is 0 Å². The molecule has 1 atom stereocenters. The molecule has 0 aromatic carbocycles. The van der Waals surface area contributed by atoms with Gasteiger partial charge in [-0.05, 0) is 24.8 Å². The van der Waals surface area contributed by atoms with E-state index in [2.05, 4.69) is 5.32 Å². The van der Waals surface area contributed by atoms with E-state index in [1.165, 1.54) is 11.8 Å². The predicted molar refractivity (Wildman–Crippen MR) is 75.3 cm³/mol. The van der Waals surface area contributed by atoms with Crippen molar-refractivity contribution < 1.29 is 14.7 Å². The number of aliphatic carboxylic acids is 1. The van der Waals surface area contributed by atoms with Crippen molar-refractivity contribution in [3.05, 3.63) is 22.4 Å². The minimum atomic E-state index is -1.21. The van der Waals surface area contributed by atoms with Crippen LogP contribution >= 0.6 is 11.3 Å². The van der Waals surface area contributed by atoms with Gasteiger partial charge in [0.05, 0.1) is 6.54 Å². The van der Waals surface area contributed by atoms with Crippen molar-refractivity contribution >= 4 is 23.3 Å². The molecule has 6 heteroatoms. The standard InChI is InChI=1S/C13H20N2O3S/c1-4-7-13(2,11(16)17)14-12(18)15(3)9-10-6-5-8-19-10/h5-6,8H,4,7,9H2,1-3H3,(H,14,18)(H,16,17). The van der Waals surface area contributed by atoms with E-state index in [-0.39, 0.29) is 6.03 Å². The third-order valence-corrected chi connectivity index (χ3v) is 3.79. The first-order chi connectivity index (χ1) is 8.89. The smallest absolute Gasteiger partial charge is 0.329 e. The van der Waals surface area contributed by atoms with Crippen LogP contribution in [-0.2, 0) is 11.3 Å². The maximum Gasteiger partial charge on any atom is 0.329 e. The summed E-state index contributed by atoms with van der Waals surface area (Å²) in [6, 6.07) is 3.49. The second kappa shape index (κ2) is 6.56. The fourth-order valence-electron chi connectivity index (χ4n) is 1.76. The highest BCUT2D eigenvalue weighted by Crippen LogP contribution is 2.15. The summed E-state index contributed by atoms with van der Waals surface area (Å²) in [5, 5.41) is 13.8. The van der Waals surface area contributed by atoms with Crippen molar-refractivity contribution in [1.29, 1.82) is 0 Å². The molecule has 1 rings (SSSR count). The third-order valence-electron chi connectivity index (χ3n) is 2.92. The number of rotatable bonds is 6. The minimum absolute atomic E-state index is 0.369. The van der Waals surface area contributed by atoms with Gasteiger partial charge in [-0.1, -0.05) is 19.4 Å². The van der Waals surface area contributed by atoms with Crippen LogP contribution in [-0.4, -0.2) is 34.6 Å². The van der Waals surface area contributed by atoms with Gasteiger partial charge >= 0.3 is 12.0 Å². The zero-order valence-corrected chi connectivity index (χ0v) is 12.3. The number of nitrogens with one attached hydrogen (secondary N) is 1. The largest absolute Gasteiger partial charge is 0.480 e. The quantitative estimate of drug-likeness (QED) is 0.843. The van der Waals surface area contributed by atoms with Gasteiger partial charge in [-0.2, -0.15) is 0 Å². The van der Waals surface area contributed by atoms with E-state index >= 15 is 0 Å². The Balaban J connectivity index is 2.64. The van der Waals surface area contributed by atoms with Gasteiger partial charge in [-0.15, -0.1) is 11.3 Å². The first kappa shape index (κ1) is 15.5. The number of carboxylic acids is 1. The molecule has 1 heterocycles. The Kier molecular flexibility index (Phi) is 5.35. The second-order valence-corrected chi connectivity index (χ2v) is 5.79. The number of amides is 2. The van der Waals surface area contributed by atoms with E-state index in [9.17, 15) is 14.7 Å². The Morgan fingerprint density at radius 1 is 1.53 bits per heavy atom. The third kappa shape index (κ3) is 4.24. The molecule has 0 spiro atoms. The lowest BCUT2D eigenvalue weighted by molar-refractivity contribution is -0.144. The van der Waals surface area contributed by atoms with E-state index in [0.29, 0.717) is 19.4 Å². The van der Waals surface area contributed by atoms with Crippen molar-refractivity contribution in [2.45, 2.75) is 38.8 Å². The van der Waals surface area contributed by atoms with Crippen LogP contribution < -0.4 is 5.32 Å². The molecule has 0 aliphatic rings. The molecule has 0 saturated carbocycles. The van der Waals surface area contributed by atoms with Crippen molar-refractivity contribution in [1.82, 2.24) is 10.2 Å². The van der Waals surface area contributed by atoms with Crippen LogP contribution in [0.15, 0.2) is 17.5 Å². The molecule has 1 aromatic rings. The number of carbonyl (C=O) groups excluding carboxylic acids is 1. The fraction of sp³-hybridized carbons (Fsp3) is 0.538. The monoisotopic (exact) mass is 284 g/mol. The highest BCUT2D eigenvalue weighted by molar-refractivity contribution is 7.09. The van der Waals surface area contributed by atoms with Crippen molar-refractivity contribution in [3.63, 3.8) is 0 Å². The maximum atomic E-state index is 12.0. The number of urea groups is 1. The fourth-order valence-corrected chi connectivity index (χ4v) is 2.52. The minimum Gasteiger partial charge on any atom is -0.480 e. The molecule has 0 aliphatic carbocycles. The van der Waals surface area contributed by atoms with Crippen LogP contribution in [0.5, 0.6) is 0 Å². The number of hydrogen-bond acceptors (Lipinski definition) is 3. The lowest BCUT2D eigenvalue weighted by atomic mass is 9.96. The number of nitrogens with zero attached hydrogens (tertiary/aromatic N) is 1. The number of thiophene rings is 1. The van der Waals surface area contributed by atoms with Crippen molar-refractivity contribution in [3.8, 4) is 0 Å². The second-order valence-electron chi connectivity index (χ2n) is 4.75. The summed E-state index contributed by atoms with van der Waals surface area (Å²) in [6.07, 6.45) is 1.10. The predicted octanol–water partition coefficient (Wildman–Crippen LogP) is 2.53. The summed E-state index contributed by atoms with van der Waals surface area (Å²) in [4.78, 5) is 25.8. The molecule has 0 bridgehead atoms. The zero-order chi connectivity index (χ0) is 14.5.